The number of halogens is 1. The Kier molecular flexibility index (Phi) is 5.62. The van der Waals surface area contributed by atoms with E-state index in [-0.39, 0.29) is 16.6 Å². The van der Waals surface area contributed by atoms with Crippen LogP contribution >= 0.6 is 22.0 Å². The van der Waals surface area contributed by atoms with Gasteiger partial charge in [-0.05, 0) is 24.5 Å². The maximum atomic E-state index is 11.5. The Bertz CT molecular complexity index is 505. The SMILES string of the molecule is CC(C)CCOC(=O)Cc1ccc(S(=O)(=O)Cl)s1. The molecule has 1 heterocycles. The topological polar surface area (TPSA) is 60.4 Å². The Morgan fingerprint density at radius 1 is 1.44 bits per heavy atom. The smallest absolute Gasteiger partial charge is 0.311 e. The Balaban J connectivity index is 2.48. The third kappa shape index (κ3) is 5.37. The summed E-state index contributed by atoms with van der Waals surface area (Å²) in [5, 5.41) is 0. The van der Waals surface area contributed by atoms with Crippen molar-refractivity contribution in [3.63, 3.8) is 0 Å². The van der Waals surface area contributed by atoms with Crippen molar-refractivity contribution in [1.82, 2.24) is 0 Å². The molecule has 18 heavy (non-hydrogen) atoms. The maximum absolute atomic E-state index is 11.5. The lowest BCUT2D eigenvalue weighted by atomic mass is 10.1. The van der Waals surface area contributed by atoms with E-state index < -0.39 is 9.05 Å². The van der Waals surface area contributed by atoms with Crippen molar-refractivity contribution in [2.24, 2.45) is 5.92 Å². The molecule has 0 amide bonds. The van der Waals surface area contributed by atoms with Crippen LogP contribution in [-0.2, 0) is 25.0 Å². The predicted octanol–water partition coefficient (Wildman–Crippen LogP) is 2.81. The molecule has 0 aliphatic carbocycles. The molecular weight excluding hydrogens is 296 g/mol. The van der Waals surface area contributed by atoms with Gasteiger partial charge in [-0.3, -0.25) is 4.79 Å². The zero-order valence-electron chi connectivity index (χ0n) is 10.2. The first-order valence-corrected chi connectivity index (χ1v) is 8.60. The molecule has 0 bridgehead atoms. The highest BCUT2D eigenvalue weighted by molar-refractivity contribution is 8.15. The number of hydrogen-bond donors (Lipinski definition) is 0. The molecule has 0 spiro atoms. The molecule has 0 radical (unpaired) electrons. The Morgan fingerprint density at radius 3 is 2.61 bits per heavy atom. The number of carbonyl (C=O) groups is 1. The van der Waals surface area contributed by atoms with Gasteiger partial charge in [0.1, 0.15) is 4.21 Å². The van der Waals surface area contributed by atoms with Crippen molar-refractivity contribution in [2.75, 3.05) is 6.61 Å². The first-order valence-electron chi connectivity index (χ1n) is 5.48. The van der Waals surface area contributed by atoms with Crippen molar-refractivity contribution in [3.8, 4) is 0 Å². The molecule has 0 fully saturated rings. The fourth-order valence-corrected chi connectivity index (χ4v) is 3.29. The van der Waals surface area contributed by atoms with Gasteiger partial charge in [-0.1, -0.05) is 13.8 Å². The molecule has 7 heteroatoms. The predicted molar refractivity (Wildman–Crippen MR) is 71.5 cm³/mol. The summed E-state index contributed by atoms with van der Waals surface area (Å²) < 4.78 is 27.2. The summed E-state index contributed by atoms with van der Waals surface area (Å²) in [6.45, 7) is 4.48. The number of ether oxygens (including phenoxy) is 1. The van der Waals surface area contributed by atoms with E-state index in [1.807, 2.05) is 13.8 Å². The normalized spacial score (nSPS) is 11.8. The van der Waals surface area contributed by atoms with Crippen LogP contribution in [0, 0.1) is 5.92 Å². The second-order valence-corrected chi connectivity index (χ2v) is 8.20. The van der Waals surface area contributed by atoms with E-state index in [1.54, 1.807) is 6.07 Å². The van der Waals surface area contributed by atoms with Gasteiger partial charge in [0.05, 0.1) is 13.0 Å². The summed E-state index contributed by atoms with van der Waals surface area (Å²) in [5.74, 6) is 0.128. The van der Waals surface area contributed by atoms with Gasteiger partial charge < -0.3 is 4.74 Å². The fraction of sp³-hybridized carbons (Fsp3) is 0.545. The van der Waals surface area contributed by atoms with Crippen LogP contribution in [0.5, 0.6) is 0 Å². The van der Waals surface area contributed by atoms with Crippen LogP contribution in [0.4, 0.5) is 0 Å². The van der Waals surface area contributed by atoms with Crippen LogP contribution in [0.3, 0.4) is 0 Å². The van der Waals surface area contributed by atoms with Crippen molar-refractivity contribution in [2.45, 2.75) is 30.9 Å². The molecule has 0 saturated heterocycles. The lowest BCUT2D eigenvalue weighted by Gasteiger charge is -2.05. The Labute approximate surface area is 115 Å². The highest BCUT2D eigenvalue weighted by Crippen LogP contribution is 2.25. The zero-order chi connectivity index (χ0) is 13.8. The summed E-state index contributed by atoms with van der Waals surface area (Å²) in [6.07, 6.45) is 0.895. The first kappa shape index (κ1) is 15.5. The molecule has 0 aliphatic rings. The Hall–Kier alpha value is -0.590. The molecule has 0 saturated carbocycles. The Morgan fingerprint density at radius 2 is 2.11 bits per heavy atom. The van der Waals surface area contributed by atoms with Crippen LogP contribution in [0.1, 0.15) is 25.1 Å². The number of carbonyl (C=O) groups excluding carboxylic acids is 1. The van der Waals surface area contributed by atoms with Gasteiger partial charge in [-0.25, -0.2) is 8.42 Å². The van der Waals surface area contributed by atoms with Crippen molar-refractivity contribution in [3.05, 3.63) is 17.0 Å². The third-order valence-electron chi connectivity index (χ3n) is 2.15. The summed E-state index contributed by atoms with van der Waals surface area (Å²) in [6, 6.07) is 2.97. The fourth-order valence-electron chi connectivity index (χ4n) is 1.19. The highest BCUT2D eigenvalue weighted by Gasteiger charge is 2.15. The molecule has 102 valence electrons. The van der Waals surface area contributed by atoms with Gasteiger partial charge in [0.2, 0.25) is 0 Å². The molecule has 0 aliphatic heterocycles. The molecule has 1 aromatic rings. The third-order valence-corrected chi connectivity index (χ3v) is 5.33. The van der Waals surface area contributed by atoms with Crippen LogP contribution in [0.25, 0.3) is 0 Å². The summed E-state index contributed by atoms with van der Waals surface area (Å²) >= 11 is 0.987. The van der Waals surface area contributed by atoms with Crippen molar-refractivity contribution >= 4 is 37.0 Å². The molecule has 1 aromatic heterocycles. The quantitative estimate of drug-likeness (QED) is 0.599. The van der Waals surface area contributed by atoms with Crippen LogP contribution in [-0.4, -0.2) is 21.0 Å². The molecule has 0 atom stereocenters. The molecule has 0 N–H and O–H groups in total. The minimum Gasteiger partial charge on any atom is -0.465 e. The number of rotatable bonds is 6. The van der Waals surface area contributed by atoms with E-state index in [4.69, 9.17) is 15.4 Å². The number of esters is 1. The molecule has 0 unspecified atom stereocenters. The molecule has 0 aromatic carbocycles. The van der Waals surface area contributed by atoms with E-state index in [0.717, 1.165) is 17.8 Å². The second-order valence-electron chi connectivity index (χ2n) is 4.24. The standard InChI is InChI=1S/C11H15ClO4S2/c1-8(2)5-6-16-10(13)7-9-3-4-11(17-9)18(12,14)15/h3-4,8H,5-7H2,1-2H3. The number of thiophene rings is 1. The largest absolute Gasteiger partial charge is 0.465 e. The zero-order valence-corrected chi connectivity index (χ0v) is 12.6. The monoisotopic (exact) mass is 310 g/mol. The van der Waals surface area contributed by atoms with E-state index in [0.29, 0.717) is 17.4 Å². The number of hydrogen-bond acceptors (Lipinski definition) is 5. The molecule has 4 nitrogen and oxygen atoms in total. The summed E-state index contributed by atoms with van der Waals surface area (Å²) in [4.78, 5) is 12.1. The second kappa shape index (κ2) is 6.54. The van der Waals surface area contributed by atoms with Gasteiger partial charge in [0.15, 0.2) is 0 Å². The van der Waals surface area contributed by atoms with E-state index in [1.165, 1.54) is 6.07 Å². The lowest BCUT2D eigenvalue weighted by molar-refractivity contribution is -0.143. The van der Waals surface area contributed by atoms with Gasteiger partial charge in [-0.2, -0.15) is 0 Å². The van der Waals surface area contributed by atoms with Crippen molar-refractivity contribution < 1.29 is 17.9 Å². The van der Waals surface area contributed by atoms with E-state index >= 15 is 0 Å². The minimum atomic E-state index is -3.71. The molecule has 1 rings (SSSR count). The van der Waals surface area contributed by atoms with E-state index in [2.05, 4.69) is 0 Å². The highest BCUT2D eigenvalue weighted by atomic mass is 35.7. The lowest BCUT2D eigenvalue weighted by Crippen LogP contribution is -2.09. The summed E-state index contributed by atoms with van der Waals surface area (Å²) in [7, 11) is 1.49. The van der Waals surface area contributed by atoms with Crippen LogP contribution in [0.15, 0.2) is 16.3 Å². The van der Waals surface area contributed by atoms with Gasteiger partial charge in [0, 0.05) is 15.6 Å². The van der Waals surface area contributed by atoms with E-state index in [9.17, 15) is 13.2 Å². The average molecular weight is 311 g/mol. The van der Waals surface area contributed by atoms with Gasteiger partial charge in [-0.15, -0.1) is 11.3 Å². The van der Waals surface area contributed by atoms with Crippen molar-refractivity contribution in [1.29, 1.82) is 0 Å². The van der Waals surface area contributed by atoms with Crippen LogP contribution < -0.4 is 0 Å². The average Bonchev–Trinajstić information content (AvgIpc) is 2.64. The van der Waals surface area contributed by atoms with Gasteiger partial charge in [0.25, 0.3) is 9.05 Å². The summed E-state index contributed by atoms with van der Waals surface area (Å²) in [5.41, 5.74) is 0. The maximum Gasteiger partial charge on any atom is 0.311 e. The van der Waals surface area contributed by atoms with Crippen LogP contribution in [0.2, 0.25) is 0 Å². The minimum absolute atomic E-state index is 0.0501. The first-order chi connectivity index (χ1) is 8.29. The molecular formula is C11H15ClO4S2. The van der Waals surface area contributed by atoms with Gasteiger partial charge >= 0.3 is 5.97 Å².